The third-order valence-corrected chi connectivity index (χ3v) is 5.36. The number of nitrogens with zero attached hydrogens (tertiary/aromatic N) is 7. The van der Waals surface area contributed by atoms with Crippen molar-refractivity contribution in [3.8, 4) is 0 Å². The van der Waals surface area contributed by atoms with E-state index in [1.54, 1.807) is 36.1 Å². The molecule has 2 aliphatic heterocycles. The predicted molar refractivity (Wildman–Crippen MR) is 102 cm³/mol. The van der Waals surface area contributed by atoms with Gasteiger partial charge in [-0.15, -0.1) is 10.2 Å². The van der Waals surface area contributed by atoms with Gasteiger partial charge < -0.3 is 19.7 Å². The van der Waals surface area contributed by atoms with Crippen molar-refractivity contribution >= 4 is 17.6 Å². The quantitative estimate of drug-likeness (QED) is 0.843. The van der Waals surface area contributed by atoms with Gasteiger partial charge in [-0.1, -0.05) is 0 Å². The number of urea groups is 1. The minimum absolute atomic E-state index is 0.0417. The van der Waals surface area contributed by atoms with Crippen LogP contribution in [0.2, 0.25) is 0 Å². The second-order valence-electron chi connectivity index (χ2n) is 7.58. The van der Waals surface area contributed by atoms with Gasteiger partial charge in [-0.2, -0.15) is 5.10 Å². The Balaban J connectivity index is 1.40. The highest BCUT2D eigenvalue weighted by atomic mass is 16.2. The molecule has 4 rings (SSSR count). The second kappa shape index (κ2) is 7.61. The maximum Gasteiger partial charge on any atom is 0.322 e. The van der Waals surface area contributed by atoms with Crippen molar-refractivity contribution in [2.24, 2.45) is 0 Å². The van der Waals surface area contributed by atoms with Gasteiger partial charge in [0, 0.05) is 39.8 Å². The number of rotatable bonds is 4. The molecule has 4 heterocycles. The molecule has 2 aliphatic rings. The third kappa shape index (κ3) is 3.58. The minimum Gasteiger partial charge on any atom is -0.347 e. The molecule has 0 bridgehead atoms. The molecule has 28 heavy (non-hydrogen) atoms. The van der Waals surface area contributed by atoms with Crippen LogP contribution in [0.1, 0.15) is 37.3 Å². The first-order valence-corrected chi connectivity index (χ1v) is 9.75. The highest BCUT2D eigenvalue weighted by Gasteiger charge is 2.35. The first-order valence-electron chi connectivity index (χ1n) is 9.75. The Hall–Kier alpha value is -2.91. The summed E-state index contributed by atoms with van der Waals surface area (Å²) in [7, 11) is 3.42. The zero-order chi connectivity index (χ0) is 19.7. The van der Waals surface area contributed by atoms with Crippen LogP contribution in [0.3, 0.4) is 0 Å². The van der Waals surface area contributed by atoms with Gasteiger partial charge in [0.15, 0.2) is 5.82 Å². The van der Waals surface area contributed by atoms with E-state index < -0.39 is 6.04 Å². The van der Waals surface area contributed by atoms with Crippen molar-refractivity contribution in [1.29, 1.82) is 0 Å². The van der Waals surface area contributed by atoms with Gasteiger partial charge in [0.2, 0.25) is 5.91 Å². The molecule has 0 unspecified atom stereocenters. The van der Waals surface area contributed by atoms with E-state index >= 15 is 0 Å². The molecule has 3 amide bonds. The maximum absolute atomic E-state index is 12.7. The van der Waals surface area contributed by atoms with E-state index in [0.717, 1.165) is 43.9 Å². The molecule has 1 atom stereocenters. The zero-order valence-corrected chi connectivity index (χ0v) is 16.3. The Morgan fingerprint density at radius 1 is 1.21 bits per heavy atom. The molecule has 1 N–H and O–H groups in total. The first-order chi connectivity index (χ1) is 13.5. The molecule has 1 saturated heterocycles. The molecule has 10 heteroatoms. The van der Waals surface area contributed by atoms with E-state index in [9.17, 15) is 9.59 Å². The van der Waals surface area contributed by atoms with Crippen LogP contribution in [0, 0.1) is 0 Å². The highest BCUT2D eigenvalue weighted by Crippen LogP contribution is 2.20. The Labute approximate surface area is 163 Å². The summed E-state index contributed by atoms with van der Waals surface area (Å²) >= 11 is 0. The number of aromatic nitrogens is 5. The number of carbonyl (C=O) groups excluding carboxylic acids is 2. The monoisotopic (exact) mass is 386 g/mol. The van der Waals surface area contributed by atoms with E-state index in [-0.39, 0.29) is 11.9 Å². The van der Waals surface area contributed by atoms with Crippen LogP contribution >= 0.6 is 0 Å². The number of nitrogens with one attached hydrogen (secondary N) is 1. The summed E-state index contributed by atoms with van der Waals surface area (Å²) in [6.45, 7) is 2.03. The van der Waals surface area contributed by atoms with Gasteiger partial charge in [-0.05, 0) is 25.7 Å². The summed E-state index contributed by atoms with van der Waals surface area (Å²) in [5.74, 6) is 1.87. The average Bonchev–Trinajstić information content (AvgIpc) is 3.42. The number of likely N-dealkylation sites (N-methyl/N-ethyl adjacent to an activating group) is 1. The molecule has 2 aromatic heterocycles. The van der Waals surface area contributed by atoms with E-state index in [2.05, 4.69) is 25.2 Å². The molecule has 10 nitrogen and oxygen atoms in total. The van der Waals surface area contributed by atoms with E-state index in [0.29, 0.717) is 25.2 Å². The maximum atomic E-state index is 12.7. The normalized spacial score (nSPS) is 18.8. The summed E-state index contributed by atoms with van der Waals surface area (Å²) < 4.78 is 3.90. The van der Waals surface area contributed by atoms with Gasteiger partial charge in [-0.3, -0.25) is 9.48 Å². The van der Waals surface area contributed by atoms with Gasteiger partial charge in [0.05, 0.1) is 11.9 Å². The smallest absolute Gasteiger partial charge is 0.322 e. The standard InChI is InChI=1S/C18H26N8O2/c1-23(2)17(27)14-6-5-9-25(14)18(28)20-13-10-19-24(11-13)12-16-22-21-15-7-3-4-8-26(15)16/h10-11,14H,3-9,12H2,1-2H3,(H,20,28)/t14-/m0/s1. The number of anilines is 1. The van der Waals surface area contributed by atoms with Crippen LogP contribution in [0.4, 0.5) is 10.5 Å². The van der Waals surface area contributed by atoms with Crippen molar-refractivity contribution in [3.63, 3.8) is 0 Å². The van der Waals surface area contributed by atoms with Gasteiger partial charge >= 0.3 is 6.03 Å². The average molecular weight is 386 g/mol. The summed E-state index contributed by atoms with van der Waals surface area (Å²) in [5.41, 5.74) is 0.603. The lowest BCUT2D eigenvalue weighted by molar-refractivity contribution is -0.132. The topological polar surface area (TPSA) is 101 Å². The fourth-order valence-corrected chi connectivity index (χ4v) is 3.90. The van der Waals surface area contributed by atoms with Crippen LogP contribution < -0.4 is 5.32 Å². The van der Waals surface area contributed by atoms with Crippen molar-refractivity contribution in [1.82, 2.24) is 34.3 Å². The van der Waals surface area contributed by atoms with Crippen LogP contribution in [0.25, 0.3) is 0 Å². The van der Waals surface area contributed by atoms with Gasteiger partial charge in [0.1, 0.15) is 18.4 Å². The SMILES string of the molecule is CN(C)C(=O)[C@@H]1CCCN1C(=O)Nc1cnn(Cc2nnc3n2CCCC3)c1. The Kier molecular flexibility index (Phi) is 5.01. The van der Waals surface area contributed by atoms with E-state index in [1.807, 2.05) is 0 Å². The fourth-order valence-electron chi connectivity index (χ4n) is 3.90. The van der Waals surface area contributed by atoms with Crippen molar-refractivity contribution in [3.05, 3.63) is 24.0 Å². The molecule has 0 radical (unpaired) electrons. The summed E-state index contributed by atoms with van der Waals surface area (Å²) in [6, 6.07) is -0.662. The highest BCUT2D eigenvalue weighted by molar-refractivity contribution is 5.93. The molecule has 0 aliphatic carbocycles. The number of hydrogen-bond acceptors (Lipinski definition) is 5. The Morgan fingerprint density at radius 3 is 2.89 bits per heavy atom. The summed E-state index contributed by atoms with van der Waals surface area (Å²) in [4.78, 5) is 28.1. The summed E-state index contributed by atoms with van der Waals surface area (Å²) in [6.07, 6.45) is 8.18. The van der Waals surface area contributed by atoms with Crippen LogP contribution in [0.15, 0.2) is 12.4 Å². The molecular formula is C18H26N8O2. The molecule has 2 aromatic rings. The molecule has 0 aromatic carbocycles. The van der Waals surface area contributed by atoms with Crippen molar-refractivity contribution < 1.29 is 9.59 Å². The molecule has 150 valence electrons. The van der Waals surface area contributed by atoms with E-state index in [4.69, 9.17) is 0 Å². The minimum atomic E-state index is -0.396. The molecule has 0 spiro atoms. The van der Waals surface area contributed by atoms with Gasteiger partial charge in [0.25, 0.3) is 0 Å². The van der Waals surface area contributed by atoms with Crippen LogP contribution in [0.5, 0.6) is 0 Å². The molecular weight excluding hydrogens is 360 g/mol. The number of amides is 3. The Bertz CT molecular complexity index is 871. The first kappa shape index (κ1) is 18.5. The predicted octanol–water partition coefficient (Wildman–Crippen LogP) is 0.944. The molecule has 0 saturated carbocycles. The largest absolute Gasteiger partial charge is 0.347 e. The third-order valence-electron chi connectivity index (χ3n) is 5.36. The Morgan fingerprint density at radius 2 is 2.07 bits per heavy atom. The number of likely N-dealkylation sites (tertiary alicyclic amines) is 1. The number of fused-ring (bicyclic) bond motifs is 1. The van der Waals surface area contributed by atoms with Crippen LogP contribution in [-0.4, -0.2) is 73.0 Å². The number of hydrogen-bond donors (Lipinski definition) is 1. The summed E-state index contributed by atoms with van der Waals surface area (Å²) in [5, 5.41) is 15.7. The lowest BCUT2D eigenvalue weighted by atomic mass is 10.2. The lowest BCUT2D eigenvalue weighted by Crippen LogP contribution is -2.47. The fraction of sp³-hybridized carbons (Fsp3) is 0.611. The lowest BCUT2D eigenvalue weighted by Gasteiger charge is -2.26. The molecule has 1 fully saturated rings. The van der Waals surface area contributed by atoms with Crippen LogP contribution in [-0.2, 0) is 24.3 Å². The van der Waals surface area contributed by atoms with Crippen molar-refractivity contribution in [2.45, 2.75) is 51.2 Å². The number of aryl methyl sites for hydroxylation is 1. The van der Waals surface area contributed by atoms with Gasteiger partial charge in [-0.25, -0.2) is 4.79 Å². The van der Waals surface area contributed by atoms with Crippen molar-refractivity contribution in [2.75, 3.05) is 26.0 Å². The number of carbonyl (C=O) groups is 2. The second-order valence-corrected chi connectivity index (χ2v) is 7.58. The van der Waals surface area contributed by atoms with E-state index in [1.165, 1.54) is 4.90 Å². The zero-order valence-electron chi connectivity index (χ0n) is 16.3.